The molecule has 68 heavy (non-hydrogen) atoms. The van der Waals surface area contributed by atoms with Crippen LogP contribution in [0.3, 0.4) is 0 Å². The average molecular weight is 970 g/mol. The maximum absolute atomic E-state index is 13.6. The van der Waals surface area contributed by atoms with Crippen molar-refractivity contribution in [2.45, 2.75) is 129 Å². The Kier molecular flexibility index (Phi) is 17.1. The second-order valence-corrected chi connectivity index (χ2v) is 25.4. The Labute approximate surface area is 402 Å². The summed E-state index contributed by atoms with van der Waals surface area (Å²) in [5.41, 5.74) is 0.963. The molecule has 3 aromatic carbocycles. The first-order valence-electron chi connectivity index (χ1n) is 23.1. The van der Waals surface area contributed by atoms with Crippen molar-refractivity contribution in [3.05, 3.63) is 112 Å². The van der Waals surface area contributed by atoms with Crippen molar-refractivity contribution in [2.24, 2.45) is 5.92 Å². The highest BCUT2D eigenvalue weighted by Gasteiger charge is 2.54. The minimum atomic E-state index is -2.70. The molecule has 0 bridgehead atoms. The summed E-state index contributed by atoms with van der Waals surface area (Å²) in [6.07, 6.45) is -1.90. The molecular formula is C50H68N7O9PSi. The first kappa shape index (κ1) is 52.4. The lowest BCUT2D eigenvalue weighted by Crippen LogP contribution is -2.50. The fourth-order valence-electron chi connectivity index (χ4n) is 7.95. The highest BCUT2D eigenvalue weighted by molar-refractivity contribution is 7.44. The third-order valence-corrected chi connectivity index (χ3v) is 19.1. The third kappa shape index (κ3) is 11.4. The van der Waals surface area contributed by atoms with E-state index in [0.717, 1.165) is 16.7 Å². The molecule has 5 aromatic rings. The van der Waals surface area contributed by atoms with E-state index in [2.05, 4.69) is 87.6 Å². The highest BCUT2D eigenvalue weighted by Crippen LogP contribution is 2.53. The number of fused-ring (bicyclic) bond motifs is 1. The predicted molar refractivity (Wildman–Crippen MR) is 266 cm³/mol. The molecule has 18 heteroatoms. The number of rotatable bonds is 21. The zero-order chi connectivity index (χ0) is 49.6. The van der Waals surface area contributed by atoms with Crippen LogP contribution in [0.4, 0.5) is 5.95 Å². The SMILES string of the molecule is COc1ccc(C(OC[C@H]2O[C@@H](n3cnc4c(=O)[nH]c(NC(=O)C(C)C)nc43)[C@@H](O[Si](C)(C)C(C)(C)C)C2OP(OCCC#N)N(C(C)C)C(C)C)(c2ccccc2)c2ccc(OC)cc2)cc1. The Morgan fingerprint density at radius 2 is 1.49 bits per heavy atom. The van der Waals surface area contributed by atoms with Crippen LogP contribution < -0.4 is 20.3 Å². The Morgan fingerprint density at radius 1 is 0.912 bits per heavy atom. The molecule has 2 unspecified atom stereocenters. The quantitative estimate of drug-likeness (QED) is 0.0307. The van der Waals surface area contributed by atoms with Crippen LogP contribution in [0.1, 0.15) is 91.7 Å². The minimum Gasteiger partial charge on any atom is -0.497 e. The second kappa shape index (κ2) is 22.2. The lowest BCUT2D eigenvalue weighted by atomic mass is 9.80. The van der Waals surface area contributed by atoms with Gasteiger partial charge in [-0.1, -0.05) is 89.2 Å². The molecule has 1 amide bonds. The molecule has 1 aliphatic heterocycles. The Bertz CT molecular complexity index is 2490. The van der Waals surface area contributed by atoms with Crippen LogP contribution in [-0.4, -0.2) is 96.2 Å². The molecule has 3 heterocycles. The Balaban J connectivity index is 1.59. The monoisotopic (exact) mass is 969 g/mol. The Morgan fingerprint density at radius 3 is 2.00 bits per heavy atom. The van der Waals surface area contributed by atoms with Gasteiger partial charge in [0.1, 0.15) is 35.4 Å². The highest BCUT2D eigenvalue weighted by atomic mass is 31.2. The normalized spacial score (nSPS) is 18.4. The lowest BCUT2D eigenvalue weighted by Gasteiger charge is -2.42. The first-order chi connectivity index (χ1) is 32.3. The Hall–Kier alpha value is -5.02. The number of aromatic amines is 1. The molecule has 0 spiro atoms. The zero-order valence-electron chi connectivity index (χ0n) is 41.6. The number of imidazole rings is 1. The van der Waals surface area contributed by atoms with Crippen molar-refractivity contribution in [1.82, 2.24) is 24.2 Å². The van der Waals surface area contributed by atoms with Gasteiger partial charge >= 0.3 is 0 Å². The number of hydrogen-bond acceptors (Lipinski definition) is 13. The van der Waals surface area contributed by atoms with Gasteiger partial charge in [0.15, 0.2) is 25.7 Å². The number of methoxy groups -OCH3 is 2. The summed E-state index contributed by atoms with van der Waals surface area (Å²) in [4.78, 5) is 38.5. The fraction of sp³-hybridized carbons (Fsp3) is 0.500. The van der Waals surface area contributed by atoms with Gasteiger partial charge in [-0.25, -0.2) is 9.65 Å². The van der Waals surface area contributed by atoms with Gasteiger partial charge in [0.25, 0.3) is 14.1 Å². The number of benzene rings is 3. The van der Waals surface area contributed by atoms with E-state index in [1.807, 2.05) is 78.9 Å². The summed E-state index contributed by atoms with van der Waals surface area (Å²) < 4.78 is 51.3. The molecule has 2 aromatic heterocycles. The minimum absolute atomic E-state index is 0.0142. The number of nitrogens with zero attached hydrogens (tertiary/aromatic N) is 5. The molecular weight excluding hydrogens is 902 g/mol. The van der Waals surface area contributed by atoms with Crippen LogP contribution in [-0.2, 0) is 33.3 Å². The van der Waals surface area contributed by atoms with Crippen molar-refractivity contribution < 1.29 is 37.2 Å². The van der Waals surface area contributed by atoms with Gasteiger partial charge < -0.3 is 32.4 Å². The van der Waals surface area contributed by atoms with Crippen molar-refractivity contribution >= 4 is 39.9 Å². The van der Waals surface area contributed by atoms with Crippen LogP contribution in [0, 0.1) is 17.2 Å². The van der Waals surface area contributed by atoms with E-state index >= 15 is 0 Å². The summed E-state index contributed by atoms with van der Waals surface area (Å²) in [5, 5.41) is 12.1. The maximum Gasteiger partial charge on any atom is 0.280 e. The van der Waals surface area contributed by atoms with Gasteiger partial charge in [-0.15, -0.1) is 0 Å². The molecule has 1 fully saturated rings. The van der Waals surface area contributed by atoms with E-state index in [0.29, 0.717) is 11.5 Å². The van der Waals surface area contributed by atoms with Crippen LogP contribution in [0.5, 0.6) is 11.5 Å². The van der Waals surface area contributed by atoms with Crippen molar-refractivity contribution in [2.75, 3.05) is 32.8 Å². The number of carbonyl (C=O) groups is 1. The van der Waals surface area contributed by atoms with Gasteiger partial charge in [0.2, 0.25) is 11.9 Å². The van der Waals surface area contributed by atoms with E-state index in [1.165, 1.54) is 6.33 Å². The van der Waals surface area contributed by atoms with E-state index in [1.54, 1.807) is 32.6 Å². The third-order valence-electron chi connectivity index (χ3n) is 12.5. The number of aromatic nitrogens is 4. The van der Waals surface area contributed by atoms with Crippen LogP contribution >= 0.6 is 8.53 Å². The number of nitrogens with one attached hydrogen (secondary N) is 2. The van der Waals surface area contributed by atoms with Gasteiger partial charge in [-0.2, -0.15) is 10.2 Å². The molecule has 1 saturated heterocycles. The van der Waals surface area contributed by atoms with Crippen LogP contribution in [0.15, 0.2) is 90.0 Å². The number of carbonyl (C=O) groups excluding carboxylic acids is 1. The molecule has 6 rings (SSSR count). The van der Waals surface area contributed by atoms with Gasteiger partial charge in [0, 0.05) is 18.0 Å². The molecule has 0 radical (unpaired) electrons. The standard InChI is InChI=1S/C50H68N7O9PSi/c1-32(2)45(58)54-48-53-44-41(46(59)55-48)52-31-56(44)47-43(66-68(12,13)49(7,8)9)42(65-67(63-29-17-28-51)57(33(3)4)34(5)6)40(64-47)30-62-50(35-18-15-14-16-19-35,36-20-24-38(60-10)25-21-36)37-22-26-39(61-11)27-23-37/h14-16,18-27,31-34,40,42-43,47H,17,29-30H2,1-13H3,(H2,53,54,55,58,59)/t40-,42?,43+,47-,67?/m1/s1. The first-order valence-corrected chi connectivity index (χ1v) is 27.1. The fourth-order valence-corrected chi connectivity index (χ4v) is 11.0. The summed E-state index contributed by atoms with van der Waals surface area (Å²) >= 11 is 0. The lowest BCUT2D eigenvalue weighted by molar-refractivity contribution is -0.118. The second-order valence-electron chi connectivity index (χ2n) is 19.2. The van der Waals surface area contributed by atoms with E-state index in [-0.39, 0.29) is 65.7 Å². The average Bonchev–Trinajstić information content (AvgIpc) is 3.87. The van der Waals surface area contributed by atoms with E-state index in [4.69, 9.17) is 37.4 Å². The van der Waals surface area contributed by atoms with Crippen LogP contribution in [0.25, 0.3) is 11.2 Å². The summed E-state index contributed by atoms with van der Waals surface area (Å²) in [6, 6.07) is 27.8. The molecule has 16 nitrogen and oxygen atoms in total. The van der Waals surface area contributed by atoms with Gasteiger partial charge in [-0.3, -0.25) is 24.5 Å². The number of nitriles is 1. The molecule has 1 aliphatic rings. The summed E-state index contributed by atoms with van der Waals surface area (Å²) in [6.45, 7) is 22.7. The molecule has 5 atom stereocenters. The molecule has 0 aliphatic carbocycles. The summed E-state index contributed by atoms with van der Waals surface area (Å²) in [7, 11) is -1.30. The molecule has 366 valence electrons. The van der Waals surface area contributed by atoms with Crippen molar-refractivity contribution in [3.63, 3.8) is 0 Å². The van der Waals surface area contributed by atoms with Crippen molar-refractivity contribution in [3.8, 4) is 17.6 Å². The predicted octanol–water partition coefficient (Wildman–Crippen LogP) is 9.69. The number of anilines is 1. The van der Waals surface area contributed by atoms with Gasteiger partial charge in [0.05, 0.1) is 46.3 Å². The number of H-pyrrole nitrogens is 1. The number of ether oxygens (including phenoxy) is 4. The number of hydrogen-bond donors (Lipinski definition) is 2. The smallest absolute Gasteiger partial charge is 0.280 e. The topological polar surface area (TPSA) is 184 Å². The summed E-state index contributed by atoms with van der Waals surface area (Å²) in [5.74, 6) is 0.647. The maximum atomic E-state index is 13.6. The van der Waals surface area contributed by atoms with E-state index in [9.17, 15) is 14.9 Å². The zero-order valence-corrected chi connectivity index (χ0v) is 43.5. The molecule has 0 saturated carbocycles. The van der Waals surface area contributed by atoms with E-state index < -0.39 is 52.5 Å². The number of amides is 1. The van der Waals surface area contributed by atoms with Crippen molar-refractivity contribution in [1.29, 1.82) is 5.26 Å². The largest absolute Gasteiger partial charge is 0.497 e. The molecule has 2 N–H and O–H groups in total. The van der Waals surface area contributed by atoms with Gasteiger partial charge in [-0.05, 0) is 86.8 Å². The van der Waals surface area contributed by atoms with Crippen LogP contribution in [0.2, 0.25) is 18.1 Å².